The van der Waals surface area contributed by atoms with Gasteiger partial charge in [-0.3, -0.25) is 4.79 Å². The lowest BCUT2D eigenvalue weighted by Gasteiger charge is -2.09. The van der Waals surface area contributed by atoms with E-state index in [9.17, 15) is 18.0 Å². The van der Waals surface area contributed by atoms with Crippen LogP contribution in [0.25, 0.3) is 0 Å². The zero-order valence-electron chi connectivity index (χ0n) is 6.81. The minimum atomic E-state index is -4.94. The topological polar surface area (TPSA) is 39.2 Å². The van der Waals surface area contributed by atoms with Gasteiger partial charge in [0.1, 0.15) is 0 Å². The lowest BCUT2D eigenvalue weighted by atomic mass is 10.3. The number of ether oxygens (including phenoxy) is 1. The monoisotopic (exact) mass is 259 g/mol. The lowest BCUT2D eigenvalue weighted by Crippen LogP contribution is -2.19. The average Bonchev–Trinajstić information content (AvgIpc) is 2.05. The number of pyridine rings is 1. The van der Waals surface area contributed by atoms with Crippen molar-refractivity contribution in [1.82, 2.24) is 4.98 Å². The summed E-state index contributed by atoms with van der Waals surface area (Å²) >= 11 is 10.4. The highest BCUT2D eigenvalue weighted by Crippen LogP contribution is 2.27. The number of carbonyl (C=O) groups is 1. The van der Waals surface area contributed by atoms with Gasteiger partial charge in [0.05, 0.1) is 10.6 Å². The molecule has 3 nitrogen and oxygen atoms in total. The molecule has 1 aromatic rings. The molecule has 0 aliphatic heterocycles. The molecule has 82 valence electrons. The summed E-state index contributed by atoms with van der Waals surface area (Å²) in [7, 11) is 0. The summed E-state index contributed by atoms with van der Waals surface area (Å²) in [6.45, 7) is 0. The summed E-state index contributed by atoms with van der Waals surface area (Å²) in [5.74, 6) is -0.924. The molecule has 0 radical (unpaired) electrons. The van der Waals surface area contributed by atoms with Gasteiger partial charge in [0.15, 0.2) is 0 Å². The largest absolute Gasteiger partial charge is 0.574 e. The molecule has 15 heavy (non-hydrogen) atoms. The molecule has 0 aliphatic carbocycles. The predicted octanol–water partition coefficient (Wildman–Crippen LogP) is 3.01. The molecule has 0 aromatic carbocycles. The van der Waals surface area contributed by atoms with Crippen LogP contribution in [-0.4, -0.2) is 16.6 Å². The third-order valence-corrected chi connectivity index (χ3v) is 1.65. The summed E-state index contributed by atoms with van der Waals surface area (Å²) in [4.78, 5) is 13.9. The fourth-order valence-electron chi connectivity index (χ4n) is 0.758. The van der Waals surface area contributed by atoms with Crippen molar-refractivity contribution >= 4 is 28.4 Å². The first kappa shape index (κ1) is 12.1. The summed E-state index contributed by atoms with van der Waals surface area (Å²) in [5, 5.41) is -1.15. The van der Waals surface area contributed by atoms with E-state index in [0.29, 0.717) is 0 Å². The van der Waals surface area contributed by atoms with Crippen LogP contribution in [0, 0.1) is 0 Å². The Balaban J connectivity index is 3.12. The molecule has 0 aliphatic rings. The van der Waals surface area contributed by atoms with Gasteiger partial charge >= 0.3 is 6.36 Å². The maximum absolute atomic E-state index is 11.8. The summed E-state index contributed by atoms with van der Waals surface area (Å²) in [5.41, 5.74) is -0.540. The van der Waals surface area contributed by atoms with E-state index >= 15 is 0 Å². The van der Waals surface area contributed by atoms with Crippen molar-refractivity contribution in [3.8, 4) is 5.88 Å². The first-order valence-electron chi connectivity index (χ1n) is 3.41. The molecule has 1 aromatic heterocycles. The molecule has 1 rings (SSSR count). The zero-order valence-corrected chi connectivity index (χ0v) is 8.32. The van der Waals surface area contributed by atoms with Crippen LogP contribution in [0.15, 0.2) is 12.3 Å². The van der Waals surface area contributed by atoms with Crippen LogP contribution in [0.3, 0.4) is 0 Å². The van der Waals surface area contributed by atoms with Gasteiger partial charge in [-0.2, -0.15) is 0 Å². The second-order valence-electron chi connectivity index (χ2n) is 2.33. The van der Waals surface area contributed by atoms with Crippen molar-refractivity contribution in [1.29, 1.82) is 0 Å². The van der Waals surface area contributed by atoms with Crippen molar-refractivity contribution < 1.29 is 22.7 Å². The van der Waals surface area contributed by atoms with Gasteiger partial charge in [0.25, 0.3) is 5.24 Å². The van der Waals surface area contributed by atoms with E-state index in [0.717, 1.165) is 12.3 Å². The second kappa shape index (κ2) is 4.24. The van der Waals surface area contributed by atoms with Crippen molar-refractivity contribution in [2.45, 2.75) is 6.36 Å². The number of carbonyl (C=O) groups excluding carboxylic acids is 1. The Morgan fingerprint density at radius 2 is 2.07 bits per heavy atom. The Morgan fingerprint density at radius 3 is 2.53 bits per heavy atom. The average molecular weight is 260 g/mol. The summed E-state index contributed by atoms with van der Waals surface area (Å²) in [6.07, 6.45) is -4.03. The number of aromatic nitrogens is 1. The minimum absolute atomic E-state index is 0.0199. The van der Waals surface area contributed by atoms with E-state index in [1.54, 1.807) is 0 Å². The van der Waals surface area contributed by atoms with E-state index < -0.39 is 23.0 Å². The molecule has 8 heteroatoms. The zero-order chi connectivity index (χ0) is 11.6. The third-order valence-electron chi connectivity index (χ3n) is 1.24. The Labute approximate surface area is 91.8 Å². The standard InChI is InChI=1S/C7H2Cl2F3NO2/c8-3-1-4(5(9)14)6(13-2-3)15-7(10,11)12/h1-2H. The summed E-state index contributed by atoms with van der Waals surface area (Å²) in [6, 6.07) is 0.935. The number of hydrogen-bond acceptors (Lipinski definition) is 3. The van der Waals surface area contributed by atoms with Crippen LogP contribution >= 0.6 is 23.2 Å². The predicted molar refractivity (Wildman–Crippen MR) is 46.1 cm³/mol. The quantitative estimate of drug-likeness (QED) is 0.767. The second-order valence-corrected chi connectivity index (χ2v) is 3.11. The van der Waals surface area contributed by atoms with Crippen molar-refractivity contribution in [3.63, 3.8) is 0 Å². The molecule has 0 fully saturated rings. The van der Waals surface area contributed by atoms with Crippen LogP contribution in [0.2, 0.25) is 5.02 Å². The number of alkyl halides is 3. The molecule has 0 atom stereocenters. The number of hydrogen-bond donors (Lipinski definition) is 0. The number of halogens is 5. The number of rotatable bonds is 2. The van der Waals surface area contributed by atoms with Gasteiger partial charge in [-0.25, -0.2) is 4.98 Å². The van der Waals surface area contributed by atoms with Crippen LogP contribution in [-0.2, 0) is 0 Å². The molecule has 0 saturated carbocycles. The van der Waals surface area contributed by atoms with Crippen molar-refractivity contribution in [2.24, 2.45) is 0 Å². The highest BCUT2D eigenvalue weighted by Gasteiger charge is 2.33. The maximum Gasteiger partial charge on any atom is 0.574 e. The van der Waals surface area contributed by atoms with Crippen molar-refractivity contribution in [2.75, 3.05) is 0 Å². The summed E-state index contributed by atoms with van der Waals surface area (Å²) < 4.78 is 39.0. The van der Waals surface area contributed by atoms with Crippen LogP contribution in [0.4, 0.5) is 13.2 Å². The first-order valence-corrected chi connectivity index (χ1v) is 4.16. The van der Waals surface area contributed by atoms with Crippen LogP contribution < -0.4 is 4.74 Å². The van der Waals surface area contributed by atoms with Gasteiger partial charge in [-0.05, 0) is 17.7 Å². The van der Waals surface area contributed by atoms with E-state index in [4.69, 9.17) is 23.2 Å². The van der Waals surface area contributed by atoms with Gasteiger partial charge in [-0.1, -0.05) is 11.6 Å². The fraction of sp³-hybridized carbons (Fsp3) is 0.143. The molecule has 0 unspecified atom stereocenters. The van der Waals surface area contributed by atoms with Crippen LogP contribution in [0.5, 0.6) is 5.88 Å². The Morgan fingerprint density at radius 1 is 1.47 bits per heavy atom. The third kappa shape index (κ3) is 3.56. The minimum Gasteiger partial charge on any atom is -0.387 e. The van der Waals surface area contributed by atoms with Gasteiger partial charge in [0, 0.05) is 6.20 Å². The van der Waals surface area contributed by atoms with Gasteiger partial charge in [-0.15, -0.1) is 13.2 Å². The fourth-order valence-corrected chi connectivity index (χ4v) is 1.05. The SMILES string of the molecule is O=C(Cl)c1cc(Cl)cnc1OC(F)(F)F. The molecule has 0 saturated heterocycles. The highest BCUT2D eigenvalue weighted by molar-refractivity contribution is 6.68. The molecular formula is C7H2Cl2F3NO2. The Kier molecular flexibility index (Phi) is 3.41. The lowest BCUT2D eigenvalue weighted by molar-refractivity contribution is -0.276. The molecule has 0 amide bonds. The molecule has 0 N–H and O–H groups in total. The normalized spacial score (nSPS) is 11.3. The van der Waals surface area contributed by atoms with E-state index in [1.165, 1.54) is 0 Å². The highest BCUT2D eigenvalue weighted by atomic mass is 35.5. The first-order chi connectivity index (χ1) is 6.79. The van der Waals surface area contributed by atoms with Crippen LogP contribution in [0.1, 0.15) is 10.4 Å². The molecular weight excluding hydrogens is 258 g/mol. The van der Waals surface area contributed by atoms with Crippen molar-refractivity contribution in [3.05, 3.63) is 22.8 Å². The van der Waals surface area contributed by atoms with E-state index in [1.807, 2.05) is 0 Å². The molecule has 0 bridgehead atoms. The van der Waals surface area contributed by atoms with Gasteiger partial charge < -0.3 is 4.74 Å². The van der Waals surface area contributed by atoms with E-state index in [-0.39, 0.29) is 5.02 Å². The maximum atomic E-state index is 11.8. The smallest absolute Gasteiger partial charge is 0.387 e. The Bertz CT molecular complexity index is 394. The Hall–Kier alpha value is -1.01. The molecule has 1 heterocycles. The number of nitrogens with zero attached hydrogens (tertiary/aromatic N) is 1. The van der Waals surface area contributed by atoms with Gasteiger partial charge in [0.2, 0.25) is 5.88 Å². The van der Waals surface area contributed by atoms with E-state index in [2.05, 4.69) is 9.72 Å². The molecule has 0 spiro atoms.